The standard InChI is InChI=1S/C27H33F3N4O2/c1-19-6-7-23(16-20(19)2)31-25(35)18-32-10-8-21(9-11-32)26(36)34-14-12-33(13-15-34)24-5-3-4-22(17-24)27(28,29)30/h3-7,16-17,21H,8-15,18H2,1-2H3,(H,31,35). The molecule has 6 nitrogen and oxygen atoms in total. The van der Waals surface area contributed by atoms with Gasteiger partial charge in [0.15, 0.2) is 0 Å². The Hall–Kier alpha value is -3.07. The Bertz CT molecular complexity index is 1090. The highest BCUT2D eigenvalue weighted by Crippen LogP contribution is 2.32. The Morgan fingerprint density at radius 1 is 0.917 bits per heavy atom. The summed E-state index contributed by atoms with van der Waals surface area (Å²) >= 11 is 0. The maximum absolute atomic E-state index is 13.1. The van der Waals surface area contributed by atoms with Gasteiger partial charge in [-0.2, -0.15) is 13.2 Å². The van der Waals surface area contributed by atoms with E-state index in [1.54, 1.807) is 6.07 Å². The van der Waals surface area contributed by atoms with E-state index >= 15 is 0 Å². The van der Waals surface area contributed by atoms with Gasteiger partial charge in [0.25, 0.3) is 0 Å². The van der Waals surface area contributed by atoms with Gasteiger partial charge in [-0.3, -0.25) is 14.5 Å². The number of hydrogen-bond donors (Lipinski definition) is 1. The zero-order chi connectivity index (χ0) is 25.9. The summed E-state index contributed by atoms with van der Waals surface area (Å²) in [6.45, 7) is 7.70. The summed E-state index contributed by atoms with van der Waals surface area (Å²) < 4.78 is 39.1. The van der Waals surface area contributed by atoms with Crippen molar-refractivity contribution >= 4 is 23.2 Å². The summed E-state index contributed by atoms with van der Waals surface area (Å²) in [5, 5.41) is 2.95. The number of rotatable bonds is 5. The molecule has 0 saturated carbocycles. The SMILES string of the molecule is Cc1ccc(NC(=O)CN2CCC(C(=O)N3CCN(c4cccc(C(F)(F)F)c4)CC3)CC2)cc1C. The lowest BCUT2D eigenvalue weighted by molar-refractivity contribution is -0.138. The van der Waals surface area contributed by atoms with Gasteiger partial charge < -0.3 is 15.1 Å². The first-order valence-electron chi connectivity index (χ1n) is 12.4. The number of benzene rings is 2. The fourth-order valence-electron chi connectivity index (χ4n) is 4.88. The number of nitrogens with zero attached hydrogens (tertiary/aromatic N) is 3. The van der Waals surface area contributed by atoms with Crippen molar-refractivity contribution in [3.8, 4) is 0 Å². The van der Waals surface area contributed by atoms with Crippen molar-refractivity contribution < 1.29 is 22.8 Å². The summed E-state index contributed by atoms with van der Waals surface area (Å²) in [6.07, 6.45) is -2.98. The van der Waals surface area contributed by atoms with E-state index in [1.807, 2.05) is 41.8 Å². The molecule has 2 aliphatic heterocycles. The number of nitrogens with one attached hydrogen (secondary N) is 1. The van der Waals surface area contributed by atoms with Gasteiger partial charge in [-0.15, -0.1) is 0 Å². The number of piperidine rings is 1. The van der Waals surface area contributed by atoms with Crippen LogP contribution >= 0.6 is 0 Å². The molecule has 2 aromatic rings. The number of carbonyl (C=O) groups is 2. The third-order valence-electron chi connectivity index (χ3n) is 7.22. The molecule has 0 atom stereocenters. The number of amides is 2. The summed E-state index contributed by atoms with van der Waals surface area (Å²) in [7, 11) is 0. The molecule has 2 saturated heterocycles. The molecular weight excluding hydrogens is 469 g/mol. The summed E-state index contributed by atoms with van der Waals surface area (Å²) in [4.78, 5) is 31.3. The van der Waals surface area contributed by atoms with E-state index in [0.29, 0.717) is 64.3 Å². The second-order valence-corrected chi connectivity index (χ2v) is 9.76. The number of piperazine rings is 1. The molecule has 1 N–H and O–H groups in total. The highest BCUT2D eigenvalue weighted by Gasteiger charge is 2.33. The second-order valence-electron chi connectivity index (χ2n) is 9.76. The van der Waals surface area contributed by atoms with Crippen LogP contribution in [0.25, 0.3) is 0 Å². The topological polar surface area (TPSA) is 55.9 Å². The van der Waals surface area contributed by atoms with E-state index in [9.17, 15) is 22.8 Å². The van der Waals surface area contributed by atoms with Crippen LogP contribution in [0.1, 0.15) is 29.5 Å². The van der Waals surface area contributed by atoms with Gasteiger partial charge in [0.1, 0.15) is 0 Å². The van der Waals surface area contributed by atoms with E-state index < -0.39 is 11.7 Å². The number of anilines is 2. The minimum absolute atomic E-state index is 0.0613. The van der Waals surface area contributed by atoms with Crippen LogP contribution in [-0.2, 0) is 15.8 Å². The van der Waals surface area contributed by atoms with Gasteiger partial charge in [0.2, 0.25) is 11.8 Å². The van der Waals surface area contributed by atoms with Crippen LogP contribution in [0.2, 0.25) is 0 Å². The minimum Gasteiger partial charge on any atom is -0.368 e. The maximum Gasteiger partial charge on any atom is 0.416 e. The van der Waals surface area contributed by atoms with Crippen molar-refractivity contribution in [3.05, 3.63) is 59.2 Å². The molecule has 0 aromatic heterocycles. The normalized spacial score (nSPS) is 17.8. The van der Waals surface area contributed by atoms with Crippen molar-refractivity contribution in [1.29, 1.82) is 0 Å². The molecule has 9 heteroatoms. The summed E-state index contributed by atoms with van der Waals surface area (Å²) in [6, 6.07) is 11.2. The molecule has 0 unspecified atom stereocenters. The lowest BCUT2D eigenvalue weighted by Gasteiger charge is -2.39. The monoisotopic (exact) mass is 502 g/mol. The molecule has 4 rings (SSSR count). The third kappa shape index (κ3) is 6.37. The van der Waals surface area contributed by atoms with Gasteiger partial charge in [-0.05, 0) is 81.2 Å². The predicted octanol–water partition coefficient (Wildman–Crippen LogP) is 4.32. The molecule has 2 aliphatic rings. The summed E-state index contributed by atoms with van der Waals surface area (Å²) in [5.41, 5.74) is 2.97. The van der Waals surface area contributed by atoms with Crippen LogP contribution in [-0.4, -0.2) is 67.4 Å². The molecule has 2 aromatic carbocycles. The molecule has 2 fully saturated rings. The van der Waals surface area contributed by atoms with Crippen molar-refractivity contribution in [2.45, 2.75) is 32.9 Å². The van der Waals surface area contributed by atoms with Crippen LogP contribution in [0, 0.1) is 19.8 Å². The maximum atomic E-state index is 13.1. The molecule has 36 heavy (non-hydrogen) atoms. The average Bonchev–Trinajstić information content (AvgIpc) is 2.86. The molecule has 2 amide bonds. The molecule has 0 radical (unpaired) electrons. The largest absolute Gasteiger partial charge is 0.416 e. The molecule has 0 spiro atoms. The lowest BCUT2D eigenvalue weighted by atomic mass is 9.95. The highest BCUT2D eigenvalue weighted by atomic mass is 19.4. The molecule has 194 valence electrons. The number of aryl methyl sites for hydroxylation is 2. The molecule has 0 bridgehead atoms. The summed E-state index contributed by atoms with van der Waals surface area (Å²) in [5.74, 6) is -0.0316. The van der Waals surface area contributed by atoms with Crippen molar-refractivity contribution in [2.24, 2.45) is 5.92 Å². The smallest absolute Gasteiger partial charge is 0.368 e. The van der Waals surface area contributed by atoms with Gasteiger partial charge in [-0.1, -0.05) is 12.1 Å². The first kappa shape index (κ1) is 26.0. The highest BCUT2D eigenvalue weighted by molar-refractivity contribution is 5.92. The van der Waals surface area contributed by atoms with Crippen molar-refractivity contribution in [2.75, 3.05) is 56.0 Å². The number of hydrogen-bond acceptors (Lipinski definition) is 4. The Morgan fingerprint density at radius 3 is 2.25 bits per heavy atom. The van der Waals surface area contributed by atoms with Crippen LogP contribution < -0.4 is 10.2 Å². The Balaban J connectivity index is 1.22. The quantitative estimate of drug-likeness (QED) is 0.662. The number of alkyl halides is 3. The third-order valence-corrected chi connectivity index (χ3v) is 7.22. The van der Waals surface area contributed by atoms with Gasteiger partial charge in [0, 0.05) is 43.5 Å². The van der Waals surface area contributed by atoms with Gasteiger partial charge in [-0.25, -0.2) is 0 Å². The van der Waals surface area contributed by atoms with Crippen LogP contribution in [0.3, 0.4) is 0 Å². The van der Waals surface area contributed by atoms with Gasteiger partial charge in [0.05, 0.1) is 12.1 Å². The Morgan fingerprint density at radius 2 is 1.61 bits per heavy atom. The fourth-order valence-corrected chi connectivity index (χ4v) is 4.88. The van der Waals surface area contributed by atoms with E-state index in [-0.39, 0.29) is 17.7 Å². The number of carbonyl (C=O) groups excluding carboxylic acids is 2. The lowest BCUT2D eigenvalue weighted by Crippen LogP contribution is -2.52. The van der Waals surface area contributed by atoms with E-state index in [2.05, 4.69) is 10.2 Å². The van der Waals surface area contributed by atoms with Crippen molar-refractivity contribution in [3.63, 3.8) is 0 Å². The zero-order valence-electron chi connectivity index (χ0n) is 20.8. The van der Waals surface area contributed by atoms with Gasteiger partial charge >= 0.3 is 6.18 Å². The Labute approximate surface area is 210 Å². The predicted molar refractivity (Wildman–Crippen MR) is 134 cm³/mol. The zero-order valence-corrected chi connectivity index (χ0v) is 20.8. The molecule has 0 aliphatic carbocycles. The fraction of sp³-hybridized carbons (Fsp3) is 0.481. The first-order chi connectivity index (χ1) is 17.1. The number of likely N-dealkylation sites (tertiary alicyclic amines) is 1. The second kappa shape index (κ2) is 10.9. The molecular formula is C27H33F3N4O2. The van der Waals surface area contributed by atoms with Crippen LogP contribution in [0.4, 0.5) is 24.5 Å². The van der Waals surface area contributed by atoms with Crippen LogP contribution in [0.15, 0.2) is 42.5 Å². The van der Waals surface area contributed by atoms with E-state index in [1.165, 1.54) is 17.7 Å². The van der Waals surface area contributed by atoms with E-state index in [4.69, 9.17) is 0 Å². The Kier molecular flexibility index (Phi) is 7.88. The first-order valence-corrected chi connectivity index (χ1v) is 12.4. The van der Waals surface area contributed by atoms with Crippen molar-refractivity contribution in [1.82, 2.24) is 9.80 Å². The average molecular weight is 503 g/mol. The minimum atomic E-state index is -4.37. The van der Waals surface area contributed by atoms with Crippen LogP contribution in [0.5, 0.6) is 0 Å². The molecule has 2 heterocycles. The van der Waals surface area contributed by atoms with E-state index in [0.717, 1.165) is 17.3 Å². The number of halogens is 3.